The fourth-order valence-corrected chi connectivity index (χ4v) is 20.8. The third kappa shape index (κ3) is 90.8. The number of carbonyl (C=O) groups is 12. The molecule has 6 amide bonds. The number of aliphatic carboxylic acids is 3. The highest BCUT2D eigenvalue weighted by molar-refractivity contribution is 8.78. The Morgan fingerprint density at radius 1 is 0.477 bits per heavy atom. The largest absolute Gasteiger partial charge is 0.857 e. The van der Waals surface area contributed by atoms with E-state index in [1.807, 2.05) is 34.6 Å². The fourth-order valence-electron chi connectivity index (χ4n) is 10.1. The van der Waals surface area contributed by atoms with Crippen LogP contribution in [0.3, 0.4) is 0 Å². The molecule has 0 aliphatic carbocycles. The molecular formula is C91H182N9O16S14-. The molecule has 130 heavy (non-hydrogen) atoms. The summed E-state index contributed by atoms with van der Waals surface area (Å²) in [7, 11) is 10.9. The Morgan fingerprint density at radius 2 is 0.915 bits per heavy atom. The van der Waals surface area contributed by atoms with E-state index < -0.39 is 52.9 Å². The molecule has 0 radical (unpaired) electrons. The molecule has 772 valence electrons. The van der Waals surface area contributed by atoms with E-state index in [1.165, 1.54) is 86.6 Å². The van der Waals surface area contributed by atoms with Crippen molar-refractivity contribution in [3.63, 3.8) is 0 Å². The maximum atomic E-state index is 12.0. The molecule has 2 aliphatic heterocycles. The number of amides is 6. The second-order valence-electron chi connectivity index (χ2n) is 36.3. The van der Waals surface area contributed by atoms with Crippen molar-refractivity contribution < 1.29 is 78.0 Å². The van der Waals surface area contributed by atoms with Crippen LogP contribution in [0, 0.1) is 59.2 Å². The van der Waals surface area contributed by atoms with Crippen LogP contribution < -0.4 is 48.9 Å². The van der Waals surface area contributed by atoms with Gasteiger partial charge in [0.1, 0.15) is 23.9 Å². The average Bonchev–Trinajstić information content (AvgIpc) is 1.70. The molecule has 2 aliphatic rings. The molecule has 14 N–H and O–H groups in total. The summed E-state index contributed by atoms with van der Waals surface area (Å²) >= 11 is 32.9. The first-order valence-corrected chi connectivity index (χ1v) is 57.8. The normalized spacial score (nSPS) is 15.8. The number of rotatable bonds is 54. The van der Waals surface area contributed by atoms with Gasteiger partial charge in [-0.15, -0.1) is 0 Å². The predicted molar refractivity (Wildman–Crippen MR) is 588 cm³/mol. The Hall–Kier alpha value is -1.02. The Labute approximate surface area is 855 Å². The number of hydrogen-bond donors (Lipinski definition) is 19. The molecule has 0 aromatic rings. The second-order valence-corrected chi connectivity index (χ2v) is 48.5. The lowest BCUT2D eigenvalue weighted by Gasteiger charge is -2.29. The van der Waals surface area contributed by atoms with Crippen LogP contribution in [0.1, 0.15) is 295 Å². The Kier molecular flexibility index (Phi) is 101. The highest BCUT2D eigenvalue weighted by atomic mass is 33.1. The molecule has 0 aromatic heterocycles. The van der Waals surface area contributed by atoms with E-state index >= 15 is 0 Å². The lowest BCUT2D eigenvalue weighted by Crippen LogP contribution is -2.47. The van der Waals surface area contributed by atoms with E-state index in [2.05, 4.69) is 258 Å². The standard InChI is InChI=1S/C19H34N2O6S4.C14H26N2O3S.C13H24N2O4S.C11H21NOS.C10H20S2.C9H19NOS2.C5H13NS.C5H12S.C4H10S.CH3O/c1-12(2)7-5-6-8-15(31-30-11-17(19(26)27)21-14(4)23)9-28-29-10-16(18(24)25)20-13(3)22;1-9(2)11(15)5-7-14(19)16-12(8-20)13(18)6-4-10(3)17;1-8(2)3-5-11(16)10(7-20)15-12(17)6-4-9(14)13(18)19;1-8(2)10-5-4-6-12(10)11(13)9(3)7-14;1-9(2)5-3-4-6-10-7-8-11-12-10;1-6(2)7(5-12)10-8(11)9(3,4)13;1-4(2)5(6)3-7;1-4(2)5(3)6;1-4(2)3-5;1-2/h12,15-17H,5-11H2,1-4H3,(H,20,22)(H,21,23)(H,24,25)(H,26,27);9,11-12,20H,4-8,15H2,1-3H3,(H,16,19);8-10,20H,3-7,14H2,1-2H3,(H,15,17)(H,18,19);8-10,14H,4-7H2,1-3H3;9-10H,3-8H2,1-2H3;6-7,12-13H,5H2,1-4H3,(H,10,11);4-5,7H,3,6H2,1-2H3;4-6H,1-3H3;4-5H,3H2,1-2H3;1H3/q;;;;;;;;;-1. The van der Waals surface area contributed by atoms with Crippen molar-refractivity contribution in [2.45, 2.75) is 370 Å². The summed E-state index contributed by atoms with van der Waals surface area (Å²) in [6.07, 6.45) is 16.3. The average molecular weight is 2110 g/mol. The molecule has 0 aromatic carbocycles. The third-order valence-electron chi connectivity index (χ3n) is 19.6. The number of carbonyl (C=O) groups excluding carboxylic acids is 9. The van der Waals surface area contributed by atoms with E-state index in [9.17, 15) is 67.7 Å². The SMILES string of the molecule is CC(=O)CCC(=O)C(CS)NC(=O)CCC(N)C(C)C.CC(=O)NC(CSSCC(CCCCC(C)C)SSCC(NC(C)=O)C(=O)O)C(=O)O.CC(C)C(C)S.CC(C)C(CS)NC(=O)C(C)(C)S.CC(C)C(N)CS.CC(C)CCC(=O)C(CS)NC(=O)CCC(N)C(=O)O.CC(C)CCCCC1CCSS1.CC(C)CS.CC(CS)C(=O)N1CCCC1C(C)C.C[O-]. The monoisotopic (exact) mass is 2100 g/mol. The van der Waals surface area contributed by atoms with E-state index in [-0.39, 0.29) is 131 Å². The molecule has 0 saturated carbocycles. The zero-order valence-electron chi connectivity index (χ0n) is 83.8. The van der Waals surface area contributed by atoms with Crippen molar-refractivity contribution in [1.82, 2.24) is 31.5 Å². The number of thiol groups is 8. The van der Waals surface area contributed by atoms with Crippen LogP contribution >= 0.6 is 166 Å². The second kappa shape index (κ2) is 90.5. The van der Waals surface area contributed by atoms with Crippen molar-refractivity contribution in [1.29, 1.82) is 0 Å². The zero-order valence-corrected chi connectivity index (χ0v) is 95.8. The topological polar surface area (TPSA) is 430 Å². The summed E-state index contributed by atoms with van der Waals surface area (Å²) in [6.45, 7) is 51.0. The minimum absolute atomic E-state index is 0.0186. The van der Waals surface area contributed by atoms with Crippen molar-refractivity contribution in [2.75, 3.05) is 71.2 Å². The summed E-state index contributed by atoms with van der Waals surface area (Å²) in [5.41, 5.74) is 16.7. The predicted octanol–water partition coefficient (Wildman–Crippen LogP) is 16.9. The summed E-state index contributed by atoms with van der Waals surface area (Å²) in [5.74, 6) is 7.06. The van der Waals surface area contributed by atoms with Crippen LogP contribution in [0.2, 0.25) is 0 Å². The van der Waals surface area contributed by atoms with Crippen LogP contribution in [-0.2, 0) is 57.5 Å². The molecule has 13 unspecified atom stereocenters. The summed E-state index contributed by atoms with van der Waals surface area (Å²) < 4.78 is -0.615. The quantitative estimate of drug-likeness (QED) is 0.0153. The molecule has 39 heteroatoms. The number of carboxylic acids is 3. The van der Waals surface area contributed by atoms with Crippen LogP contribution in [0.25, 0.3) is 0 Å². The molecule has 2 saturated heterocycles. The Morgan fingerprint density at radius 3 is 1.26 bits per heavy atom. The van der Waals surface area contributed by atoms with E-state index in [0.29, 0.717) is 83.5 Å². The maximum Gasteiger partial charge on any atom is 0.327 e. The lowest BCUT2D eigenvalue weighted by atomic mass is 10.00. The van der Waals surface area contributed by atoms with Gasteiger partial charge >= 0.3 is 17.9 Å². The minimum atomic E-state index is -1.14. The van der Waals surface area contributed by atoms with Gasteiger partial charge in [0.15, 0.2) is 11.6 Å². The fraction of sp³-hybridized carbons (Fsp3) is 0.868. The van der Waals surface area contributed by atoms with Gasteiger partial charge in [0, 0.05) is 150 Å². The van der Waals surface area contributed by atoms with E-state index in [1.54, 1.807) is 35.4 Å². The lowest BCUT2D eigenvalue weighted by molar-refractivity contribution is -0.325. The summed E-state index contributed by atoms with van der Waals surface area (Å²) in [5, 5.41) is 50.1. The first kappa shape index (κ1) is 144. The Balaban J connectivity index is -0.000000224. The minimum Gasteiger partial charge on any atom is -0.857 e. The molecule has 0 bridgehead atoms. The first-order chi connectivity index (χ1) is 60.3. The third-order valence-corrected chi connectivity index (χ3v) is 31.8. The number of likely N-dealkylation sites (tertiary alicyclic amines) is 1. The highest BCUT2D eigenvalue weighted by Gasteiger charge is 2.33. The van der Waals surface area contributed by atoms with Crippen molar-refractivity contribution in [3.8, 4) is 0 Å². The van der Waals surface area contributed by atoms with Gasteiger partial charge in [0.05, 0.1) is 16.8 Å². The van der Waals surface area contributed by atoms with Crippen molar-refractivity contribution in [3.05, 3.63) is 0 Å². The molecule has 13 atom stereocenters. The van der Waals surface area contributed by atoms with Crippen molar-refractivity contribution >= 4 is 236 Å². The number of nitrogens with two attached hydrogens (primary N) is 3. The molecule has 2 heterocycles. The van der Waals surface area contributed by atoms with Gasteiger partial charge in [-0.3, -0.25) is 43.2 Å². The van der Waals surface area contributed by atoms with Crippen LogP contribution in [0.5, 0.6) is 0 Å². The molecular weight excluding hydrogens is 1920 g/mol. The molecule has 25 nitrogen and oxygen atoms in total. The van der Waals surface area contributed by atoms with Gasteiger partial charge in [0.2, 0.25) is 35.4 Å². The number of nitrogens with zero attached hydrogens (tertiary/aromatic N) is 1. The van der Waals surface area contributed by atoms with E-state index in [4.69, 9.17) is 27.4 Å². The Bertz CT molecular complexity index is 2930. The van der Waals surface area contributed by atoms with Crippen molar-refractivity contribution in [2.24, 2.45) is 76.4 Å². The number of Topliss-reactive ketones (excluding diaryl/α,β-unsaturated/α-hetero) is 3. The van der Waals surface area contributed by atoms with Gasteiger partial charge in [-0.05, 0) is 131 Å². The number of hydrogen-bond acceptors (Lipinski definition) is 30. The number of unbranched alkanes of at least 4 members (excludes halogenated alkanes) is 2. The zero-order chi connectivity index (χ0) is 103. The number of ketones is 3. The summed E-state index contributed by atoms with van der Waals surface area (Å²) in [6, 6.07) is -3.32. The van der Waals surface area contributed by atoms with Crippen LogP contribution in [-0.4, -0.2) is 237 Å². The first-order valence-electron chi connectivity index (χ1n) is 45.8. The van der Waals surface area contributed by atoms with E-state index in [0.717, 1.165) is 86.5 Å². The van der Waals surface area contributed by atoms with Gasteiger partial charge in [-0.25, -0.2) is 9.59 Å². The van der Waals surface area contributed by atoms with Crippen LogP contribution in [0.4, 0.5) is 0 Å². The van der Waals surface area contributed by atoms with Gasteiger partial charge in [0.25, 0.3) is 0 Å². The highest BCUT2D eigenvalue weighted by Crippen LogP contribution is 2.40. The summed E-state index contributed by atoms with van der Waals surface area (Å²) in [4.78, 5) is 139. The van der Waals surface area contributed by atoms with Crippen LogP contribution in [0.15, 0.2) is 0 Å². The molecule has 0 spiro atoms. The number of carboxylic acid groups (broad SMARTS) is 3. The van der Waals surface area contributed by atoms with Gasteiger partial charge in [-0.2, -0.15) is 108 Å². The van der Waals surface area contributed by atoms with Gasteiger partial charge < -0.3 is 73.9 Å². The smallest absolute Gasteiger partial charge is 0.327 e. The van der Waals surface area contributed by atoms with Gasteiger partial charge in [-0.1, -0.05) is 242 Å². The number of nitrogens with one attached hydrogen (secondary N) is 5. The molecule has 2 rings (SSSR count). The molecule has 2 fully saturated rings. The maximum absolute atomic E-state index is 12.0.